The van der Waals surface area contributed by atoms with Crippen molar-refractivity contribution in [2.75, 3.05) is 39.3 Å². The Hall–Kier alpha value is -0.120. The summed E-state index contributed by atoms with van der Waals surface area (Å²) in [4.78, 5) is 5.32. The minimum atomic E-state index is 0.689. The quantitative estimate of drug-likeness (QED) is 0.739. The second-order valence-corrected chi connectivity index (χ2v) is 7.10. The van der Waals surface area contributed by atoms with Gasteiger partial charge in [0.2, 0.25) is 0 Å². The van der Waals surface area contributed by atoms with Crippen LogP contribution in [0.25, 0.3) is 0 Å². The Morgan fingerprint density at radius 1 is 0.850 bits per heavy atom. The first kappa shape index (κ1) is 17.9. The third kappa shape index (κ3) is 5.71. The summed E-state index contributed by atoms with van der Waals surface area (Å²) in [5.74, 6) is 1.47. The number of hydrogen-bond acceptors (Lipinski definition) is 3. The minimum Gasteiger partial charge on any atom is -0.316 e. The van der Waals surface area contributed by atoms with Crippen LogP contribution in [0.4, 0.5) is 0 Å². The van der Waals surface area contributed by atoms with Crippen molar-refractivity contribution in [2.45, 2.75) is 60.0 Å². The Morgan fingerprint density at radius 3 is 1.90 bits per heavy atom. The zero-order chi connectivity index (χ0) is 15.1. The van der Waals surface area contributed by atoms with Crippen LogP contribution in [-0.2, 0) is 0 Å². The summed E-state index contributed by atoms with van der Waals surface area (Å²) in [7, 11) is 0. The molecule has 0 aromatic rings. The van der Waals surface area contributed by atoms with E-state index < -0.39 is 0 Å². The third-order valence-corrected chi connectivity index (χ3v) is 4.98. The molecule has 1 heterocycles. The molecule has 0 aromatic carbocycles. The number of nitrogens with one attached hydrogen (secondary N) is 1. The lowest BCUT2D eigenvalue weighted by molar-refractivity contribution is 0.0606. The molecule has 1 saturated heterocycles. The molecule has 0 aliphatic carbocycles. The molecule has 0 saturated carbocycles. The van der Waals surface area contributed by atoms with Crippen molar-refractivity contribution >= 4 is 0 Å². The highest BCUT2D eigenvalue weighted by Crippen LogP contribution is 2.15. The van der Waals surface area contributed by atoms with Crippen LogP contribution >= 0.6 is 0 Å². The highest BCUT2D eigenvalue weighted by Gasteiger charge is 2.25. The van der Waals surface area contributed by atoms with Crippen molar-refractivity contribution in [3.8, 4) is 0 Å². The van der Waals surface area contributed by atoms with Gasteiger partial charge in [0.05, 0.1) is 0 Å². The number of piperazine rings is 1. The third-order valence-electron chi connectivity index (χ3n) is 4.98. The Kier molecular flexibility index (Phi) is 8.08. The SMILES string of the molecule is CCC(C)N1CCN(C(C)C(C)CNCC(C)C)CC1. The van der Waals surface area contributed by atoms with E-state index >= 15 is 0 Å². The molecule has 3 heteroatoms. The maximum atomic E-state index is 3.60. The topological polar surface area (TPSA) is 18.5 Å². The fourth-order valence-electron chi connectivity index (χ4n) is 2.97. The lowest BCUT2D eigenvalue weighted by Gasteiger charge is -2.42. The summed E-state index contributed by atoms with van der Waals surface area (Å²) in [6.45, 7) is 21.2. The van der Waals surface area contributed by atoms with E-state index in [0.717, 1.165) is 31.0 Å². The molecular weight excluding hydrogens is 246 g/mol. The van der Waals surface area contributed by atoms with Crippen molar-refractivity contribution in [3.63, 3.8) is 0 Å². The zero-order valence-corrected chi connectivity index (χ0v) is 14.7. The van der Waals surface area contributed by atoms with E-state index in [1.807, 2.05) is 0 Å². The molecule has 0 radical (unpaired) electrons. The summed E-state index contributed by atoms with van der Waals surface area (Å²) in [6.07, 6.45) is 1.27. The van der Waals surface area contributed by atoms with E-state index in [-0.39, 0.29) is 0 Å². The summed E-state index contributed by atoms with van der Waals surface area (Å²) < 4.78 is 0. The van der Waals surface area contributed by atoms with Gasteiger partial charge in [-0.2, -0.15) is 0 Å². The largest absolute Gasteiger partial charge is 0.316 e. The molecule has 1 aliphatic heterocycles. The average Bonchev–Trinajstić information content (AvgIpc) is 2.45. The fourth-order valence-corrected chi connectivity index (χ4v) is 2.97. The van der Waals surface area contributed by atoms with Gasteiger partial charge in [-0.15, -0.1) is 0 Å². The molecule has 120 valence electrons. The van der Waals surface area contributed by atoms with Crippen molar-refractivity contribution < 1.29 is 0 Å². The summed E-state index contributed by atoms with van der Waals surface area (Å²) in [6, 6.07) is 1.44. The summed E-state index contributed by atoms with van der Waals surface area (Å²) in [5, 5.41) is 3.60. The van der Waals surface area contributed by atoms with E-state index in [1.54, 1.807) is 0 Å². The molecule has 3 nitrogen and oxygen atoms in total. The van der Waals surface area contributed by atoms with Crippen LogP contribution in [0.15, 0.2) is 0 Å². The van der Waals surface area contributed by atoms with Crippen LogP contribution in [-0.4, -0.2) is 61.2 Å². The Morgan fingerprint density at radius 2 is 1.40 bits per heavy atom. The first-order valence-electron chi connectivity index (χ1n) is 8.64. The van der Waals surface area contributed by atoms with Crippen LogP contribution in [0.5, 0.6) is 0 Å². The van der Waals surface area contributed by atoms with Gasteiger partial charge in [0, 0.05) is 38.3 Å². The molecule has 1 rings (SSSR count). The van der Waals surface area contributed by atoms with Gasteiger partial charge in [0.1, 0.15) is 0 Å². The van der Waals surface area contributed by atoms with Crippen LogP contribution in [0, 0.1) is 11.8 Å². The number of nitrogens with zero attached hydrogens (tertiary/aromatic N) is 2. The first-order valence-corrected chi connectivity index (χ1v) is 8.64. The van der Waals surface area contributed by atoms with E-state index in [9.17, 15) is 0 Å². The first-order chi connectivity index (χ1) is 9.45. The Balaban J connectivity index is 2.29. The zero-order valence-electron chi connectivity index (χ0n) is 14.7. The fraction of sp³-hybridized carbons (Fsp3) is 1.00. The monoisotopic (exact) mass is 283 g/mol. The highest BCUT2D eigenvalue weighted by atomic mass is 15.3. The molecular formula is C17H37N3. The van der Waals surface area contributed by atoms with Crippen LogP contribution < -0.4 is 5.32 Å². The molecule has 20 heavy (non-hydrogen) atoms. The Bertz CT molecular complexity index is 247. The average molecular weight is 284 g/mol. The van der Waals surface area contributed by atoms with Crippen molar-refractivity contribution in [3.05, 3.63) is 0 Å². The number of hydrogen-bond donors (Lipinski definition) is 1. The molecule has 1 fully saturated rings. The van der Waals surface area contributed by atoms with Gasteiger partial charge in [0.25, 0.3) is 0 Å². The van der Waals surface area contributed by atoms with E-state index in [4.69, 9.17) is 0 Å². The van der Waals surface area contributed by atoms with Gasteiger partial charge < -0.3 is 5.32 Å². The van der Waals surface area contributed by atoms with Gasteiger partial charge in [0.15, 0.2) is 0 Å². The van der Waals surface area contributed by atoms with Gasteiger partial charge in [-0.25, -0.2) is 0 Å². The predicted molar refractivity (Wildman–Crippen MR) is 89.2 cm³/mol. The van der Waals surface area contributed by atoms with E-state index in [2.05, 4.69) is 56.7 Å². The normalized spacial score (nSPS) is 22.9. The lowest BCUT2D eigenvalue weighted by Crippen LogP contribution is -2.53. The molecule has 0 aromatic heterocycles. The maximum Gasteiger partial charge on any atom is 0.0113 e. The molecule has 3 atom stereocenters. The second-order valence-electron chi connectivity index (χ2n) is 7.10. The van der Waals surface area contributed by atoms with E-state index in [0.29, 0.717) is 6.04 Å². The Labute approximate surface area is 127 Å². The maximum absolute atomic E-state index is 3.60. The second kappa shape index (κ2) is 9.01. The predicted octanol–water partition coefficient (Wildman–Crippen LogP) is 2.67. The molecule has 1 aliphatic rings. The minimum absolute atomic E-state index is 0.689. The van der Waals surface area contributed by atoms with E-state index in [1.165, 1.54) is 32.6 Å². The summed E-state index contributed by atoms with van der Waals surface area (Å²) in [5.41, 5.74) is 0. The lowest BCUT2D eigenvalue weighted by atomic mass is 10.0. The van der Waals surface area contributed by atoms with Gasteiger partial charge >= 0.3 is 0 Å². The van der Waals surface area contributed by atoms with Crippen molar-refractivity contribution in [1.82, 2.24) is 15.1 Å². The van der Waals surface area contributed by atoms with Crippen LogP contribution in [0.3, 0.4) is 0 Å². The smallest absolute Gasteiger partial charge is 0.0113 e. The molecule has 0 bridgehead atoms. The van der Waals surface area contributed by atoms with Gasteiger partial charge in [-0.3, -0.25) is 9.80 Å². The van der Waals surface area contributed by atoms with Crippen molar-refractivity contribution in [2.24, 2.45) is 11.8 Å². The van der Waals surface area contributed by atoms with Gasteiger partial charge in [-0.1, -0.05) is 27.7 Å². The molecule has 1 N–H and O–H groups in total. The van der Waals surface area contributed by atoms with Crippen LogP contribution in [0.1, 0.15) is 48.0 Å². The van der Waals surface area contributed by atoms with Crippen LogP contribution in [0.2, 0.25) is 0 Å². The summed E-state index contributed by atoms with van der Waals surface area (Å²) >= 11 is 0. The van der Waals surface area contributed by atoms with Gasteiger partial charge in [-0.05, 0) is 45.2 Å². The molecule has 3 unspecified atom stereocenters. The molecule has 0 amide bonds. The van der Waals surface area contributed by atoms with Crippen molar-refractivity contribution in [1.29, 1.82) is 0 Å². The molecule has 0 spiro atoms. The highest BCUT2D eigenvalue weighted by molar-refractivity contribution is 4.81. The standard InChI is InChI=1S/C17H37N3/c1-7-16(5)19-8-10-20(11-9-19)17(6)15(4)13-18-12-14(2)3/h14-18H,7-13H2,1-6H3. The number of rotatable bonds is 8.